The summed E-state index contributed by atoms with van der Waals surface area (Å²) in [5.74, 6) is -0.626. The van der Waals surface area contributed by atoms with Crippen LogP contribution in [0.5, 0.6) is 0 Å². The molecule has 0 unspecified atom stereocenters. The second-order valence-corrected chi connectivity index (χ2v) is 5.91. The molecule has 0 bridgehead atoms. The quantitative estimate of drug-likeness (QED) is 0.508. The highest BCUT2D eigenvalue weighted by molar-refractivity contribution is 6.11. The van der Waals surface area contributed by atoms with E-state index in [2.05, 4.69) is 20.8 Å². The number of amides is 2. The van der Waals surface area contributed by atoms with E-state index < -0.39 is 5.91 Å². The first-order valence-electron chi connectivity index (χ1n) is 8.35. The third-order valence-corrected chi connectivity index (χ3v) is 4.06. The fourth-order valence-corrected chi connectivity index (χ4v) is 2.72. The number of nitrogens with zero attached hydrogens (tertiary/aromatic N) is 1. The zero-order valence-electron chi connectivity index (χ0n) is 14.4. The molecule has 0 aliphatic heterocycles. The van der Waals surface area contributed by atoms with Crippen LogP contribution in [0.4, 0.5) is 11.4 Å². The Hall–Kier alpha value is -4.20. The number of carbonyl (C=O) groups is 2. The van der Waals surface area contributed by atoms with E-state index in [4.69, 9.17) is 4.42 Å². The average Bonchev–Trinajstić information content (AvgIpc) is 3.25. The van der Waals surface area contributed by atoms with Gasteiger partial charge in [0.25, 0.3) is 17.4 Å². The fraction of sp³-hybridized carbons (Fsp3) is 0. The van der Waals surface area contributed by atoms with E-state index in [9.17, 15) is 14.4 Å². The molecule has 0 spiro atoms. The predicted molar refractivity (Wildman–Crippen MR) is 103 cm³/mol. The Kier molecular flexibility index (Phi) is 4.43. The molecule has 4 aromatic rings. The number of furan rings is 1. The van der Waals surface area contributed by atoms with E-state index in [1.54, 1.807) is 60.7 Å². The van der Waals surface area contributed by atoms with Crippen LogP contribution in [0.1, 0.15) is 21.0 Å². The molecular weight excluding hydrogens is 360 g/mol. The van der Waals surface area contributed by atoms with Gasteiger partial charge in [-0.2, -0.15) is 5.10 Å². The van der Waals surface area contributed by atoms with Gasteiger partial charge in [-0.3, -0.25) is 14.4 Å². The lowest BCUT2D eigenvalue weighted by Crippen LogP contribution is -2.19. The van der Waals surface area contributed by atoms with Crippen molar-refractivity contribution in [3.63, 3.8) is 0 Å². The molecule has 138 valence electrons. The van der Waals surface area contributed by atoms with Crippen LogP contribution in [0.15, 0.2) is 76.1 Å². The predicted octanol–water partition coefficient (Wildman–Crippen LogP) is 3.02. The molecule has 0 saturated heterocycles. The van der Waals surface area contributed by atoms with Crippen molar-refractivity contribution in [2.75, 3.05) is 10.6 Å². The minimum absolute atomic E-state index is 0.116. The van der Waals surface area contributed by atoms with Crippen molar-refractivity contribution in [2.45, 2.75) is 0 Å². The lowest BCUT2D eigenvalue weighted by molar-refractivity contribution is 0.0994. The number of H-pyrrole nitrogens is 1. The highest BCUT2D eigenvalue weighted by Crippen LogP contribution is 2.17. The first-order chi connectivity index (χ1) is 13.6. The Bertz CT molecular complexity index is 1210. The Labute approximate surface area is 158 Å². The lowest BCUT2D eigenvalue weighted by Gasteiger charge is -2.08. The summed E-state index contributed by atoms with van der Waals surface area (Å²) < 4.78 is 5.04. The largest absolute Gasteiger partial charge is 0.459 e. The number of aromatic nitrogens is 2. The second kappa shape index (κ2) is 7.20. The standard InChI is InChI=1S/C20H14N4O4/c25-18-15-5-2-1-4-14(15)17(23-24-18)20(27)22-13-9-7-12(8-10-13)21-19(26)16-6-3-11-28-16/h1-11H,(H,21,26)(H,22,27)(H,24,25). The molecule has 0 aliphatic carbocycles. The molecule has 28 heavy (non-hydrogen) atoms. The number of hydrogen-bond donors (Lipinski definition) is 3. The minimum atomic E-state index is -0.458. The van der Waals surface area contributed by atoms with E-state index in [0.29, 0.717) is 22.1 Å². The molecule has 8 heteroatoms. The Morgan fingerprint density at radius 3 is 2.11 bits per heavy atom. The molecule has 0 radical (unpaired) electrons. The third kappa shape index (κ3) is 3.38. The molecule has 4 rings (SSSR count). The summed E-state index contributed by atoms with van der Waals surface area (Å²) in [6.45, 7) is 0. The van der Waals surface area contributed by atoms with Crippen LogP contribution in [-0.4, -0.2) is 22.0 Å². The van der Waals surface area contributed by atoms with Crippen molar-refractivity contribution in [1.82, 2.24) is 10.2 Å². The van der Waals surface area contributed by atoms with Gasteiger partial charge in [0.1, 0.15) is 0 Å². The molecule has 2 aromatic heterocycles. The maximum atomic E-state index is 12.6. The Balaban J connectivity index is 1.51. The van der Waals surface area contributed by atoms with Crippen LogP contribution in [0.3, 0.4) is 0 Å². The van der Waals surface area contributed by atoms with Crippen molar-refractivity contribution >= 4 is 34.0 Å². The number of aromatic amines is 1. The zero-order valence-corrected chi connectivity index (χ0v) is 14.4. The number of benzene rings is 2. The molecule has 0 atom stereocenters. The Morgan fingerprint density at radius 2 is 1.46 bits per heavy atom. The van der Waals surface area contributed by atoms with E-state index in [-0.39, 0.29) is 22.9 Å². The maximum absolute atomic E-state index is 12.6. The molecule has 0 fully saturated rings. The van der Waals surface area contributed by atoms with Crippen LogP contribution in [-0.2, 0) is 0 Å². The summed E-state index contributed by atoms with van der Waals surface area (Å²) >= 11 is 0. The smallest absolute Gasteiger partial charge is 0.291 e. The van der Waals surface area contributed by atoms with Crippen LogP contribution in [0.25, 0.3) is 10.8 Å². The van der Waals surface area contributed by atoms with Crippen LogP contribution >= 0.6 is 0 Å². The van der Waals surface area contributed by atoms with Gasteiger partial charge in [-0.05, 0) is 42.5 Å². The van der Waals surface area contributed by atoms with Crippen molar-refractivity contribution in [3.05, 3.63) is 88.7 Å². The fourth-order valence-electron chi connectivity index (χ4n) is 2.72. The summed E-state index contributed by atoms with van der Waals surface area (Å²) in [7, 11) is 0. The van der Waals surface area contributed by atoms with Crippen LogP contribution in [0.2, 0.25) is 0 Å². The van der Waals surface area contributed by atoms with E-state index in [0.717, 1.165) is 0 Å². The van der Waals surface area contributed by atoms with Gasteiger partial charge >= 0.3 is 0 Å². The first kappa shape index (κ1) is 17.2. The first-order valence-corrected chi connectivity index (χ1v) is 8.35. The summed E-state index contributed by atoms with van der Waals surface area (Å²) in [5, 5.41) is 12.5. The van der Waals surface area contributed by atoms with E-state index in [1.165, 1.54) is 6.26 Å². The second-order valence-electron chi connectivity index (χ2n) is 5.91. The van der Waals surface area contributed by atoms with Crippen molar-refractivity contribution < 1.29 is 14.0 Å². The maximum Gasteiger partial charge on any atom is 0.291 e. The number of nitrogens with one attached hydrogen (secondary N) is 3. The normalized spacial score (nSPS) is 10.6. The van der Waals surface area contributed by atoms with Gasteiger partial charge in [0.05, 0.1) is 11.6 Å². The molecule has 2 aromatic carbocycles. The summed E-state index contributed by atoms with van der Waals surface area (Å²) in [6, 6.07) is 16.5. The topological polar surface area (TPSA) is 117 Å². The molecule has 0 saturated carbocycles. The van der Waals surface area contributed by atoms with Gasteiger partial charge in [-0.1, -0.05) is 18.2 Å². The summed E-state index contributed by atoms with van der Waals surface area (Å²) in [4.78, 5) is 36.4. The molecule has 3 N–H and O–H groups in total. The van der Waals surface area contributed by atoms with Gasteiger partial charge in [-0.15, -0.1) is 0 Å². The van der Waals surface area contributed by atoms with E-state index >= 15 is 0 Å². The van der Waals surface area contributed by atoms with Gasteiger partial charge < -0.3 is 15.1 Å². The monoisotopic (exact) mass is 374 g/mol. The SMILES string of the molecule is O=C(Nc1ccc(NC(=O)c2n[nH]c(=O)c3ccccc23)cc1)c1ccco1. The molecule has 8 nitrogen and oxygen atoms in total. The Morgan fingerprint density at radius 1 is 0.821 bits per heavy atom. The molecule has 2 heterocycles. The van der Waals surface area contributed by atoms with Crippen LogP contribution in [0, 0.1) is 0 Å². The summed E-state index contributed by atoms with van der Waals surface area (Å²) in [6.07, 6.45) is 1.42. The third-order valence-electron chi connectivity index (χ3n) is 4.06. The van der Waals surface area contributed by atoms with Gasteiger partial charge in [0.15, 0.2) is 11.5 Å². The van der Waals surface area contributed by atoms with Crippen molar-refractivity contribution in [1.29, 1.82) is 0 Å². The lowest BCUT2D eigenvalue weighted by atomic mass is 10.1. The average molecular weight is 374 g/mol. The number of anilines is 2. The summed E-state index contributed by atoms with van der Waals surface area (Å²) in [5.41, 5.74) is 0.819. The van der Waals surface area contributed by atoms with Crippen LogP contribution < -0.4 is 16.2 Å². The molecule has 2 amide bonds. The highest BCUT2D eigenvalue weighted by atomic mass is 16.3. The minimum Gasteiger partial charge on any atom is -0.459 e. The zero-order chi connectivity index (χ0) is 19.5. The number of hydrogen-bond acceptors (Lipinski definition) is 5. The van der Waals surface area contributed by atoms with Gasteiger partial charge in [0.2, 0.25) is 0 Å². The number of carbonyl (C=O) groups excluding carboxylic acids is 2. The number of rotatable bonds is 4. The van der Waals surface area contributed by atoms with Crippen molar-refractivity contribution in [3.8, 4) is 0 Å². The van der Waals surface area contributed by atoms with Crippen molar-refractivity contribution in [2.24, 2.45) is 0 Å². The molecular formula is C20H14N4O4. The number of fused-ring (bicyclic) bond motifs is 1. The van der Waals surface area contributed by atoms with Gasteiger partial charge in [0, 0.05) is 16.8 Å². The van der Waals surface area contributed by atoms with Gasteiger partial charge in [-0.25, -0.2) is 5.10 Å². The van der Waals surface area contributed by atoms with E-state index in [1.807, 2.05) is 0 Å². The highest BCUT2D eigenvalue weighted by Gasteiger charge is 2.14. The molecule has 0 aliphatic rings.